The summed E-state index contributed by atoms with van der Waals surface area (Å²) < 4.78 is 1.96. The molecule has 1 N–H and O–H groups in total. The molecule has 3 aromatic carbocycles. The van der Waals surface area contributed by atoms with Crippen LogP contribution in [0.1, 0.15) is 11.3 Å². The molecule has 4 rings (SSSR count). The molecule has 0 atom stereocenters. The molecule has 0 spiro atoms. The van der Waals surface area contributed by atoms with Crippen LogP contribution >= 0.6 is 0 Å². The van der Waals surface area contributed by atoms with Crippen LogP contribution in [0.3, 0.4) is 0 Å². The van der Waals surface area contributed by atoms with Crippen LogP contribution in [0.25, 0.3) is 5.69 Å². The summed E-state index contributed by atoms with van der Waals surface area (Å²) in [5.41, 5.74) is 8.30. The van der Waals surface area contributed by atoms with E-state index in [1.807, 2.05) is 83.7 Å². The lowest BCUT2D eigenvalue weighted by Gasteiger charge is -2.11. The Bertz CT molecular complexity index is 1010. The SMILES string of the molecule is c1ccc(N/N=C(\Cc2ccnn2-c2ccccc2)c2ccccc2)cc1. The fourth-order valence-electron chi connectivity index (χ4n) is 2.92. The molecule has 0 unspecified atom stereocenters. The van der Waals surface area contributed by atoms with Gasteiger partial charge in [-0.05, 0) is 35.9 Å². The number of nitrogens with one attached hydrogen (secondary N) is 1. The minimum absolute atomic E-state index is 0.665. The predicted octanol–water partition coefficient (Wildman–Crippen LogP) is 4.93. The van der Waals surface area contributed by atoms with E-state index >= 15 is 0 Å². The molecule has 0 aliphatic rings. The van der Waals surface area contributed by atoms with Crippen molar-refractivity contribution in [2.45, 2.75) is 6.42 Å². The van der Waals surface area contributed by atoms with Gasteiger partial charge in [-0.15, -0.1) is 0 Å². The van der Waals surface area contributed by atoms with Gasteiger partial charge in [0.15, 0.2) is 0 Å². The van der Waals surface area contributed by atoms with Crippen molar-refractivity contribution >= 4 is 11.4 Å². The molecule has 4 heteroatoms. The van der Waals surface area contributed by atoms with E-state index in [0.29, 0.717) is 6.42 Å². The van der Waals surface area contributed by atoms with E-state index in [-0.39, 0.29) is 0 Å². The van der Waals surface area contributed by atoms with Gasteiger partial charge in [-0.3, -0.25) is 5.43 Å². The fourth-order valence-corrected chi connectivity index (χ4v) is 2.92. The van der Waals surface area contributed by atoms with Crippen molar-refractivity contribution < 1.29 is 0 Å². The average molecular weight is 352 g/mol. The minimum Gasteiger partial charge on any atom is -0.278 e. The third-order valence-electron chi connectivity index (χ3n) is 4.27. The third kappa shape index (κ3) is 4.12. The van der Waals surface area contributed by atoms with Gasteiger partial charge in [-0.25, -0.2) is 4.68 Å². The molecule has 132 valence electrons. The standard InChI is InChI=1S/C23H20N4/c1-4-10-19(11-5-1)23(26-25-20-12-6-2-7-13-20)18-22-16-17-24-27(22)21-14-8-3-9-15-21/h1-17,25H,18H2/b26-23+. The highest BCUT2D eigenvalue weighted by atomic mass is 15.3. The van der Waals surface area contributed by atoms with Gasteiger partial charge >= 0.3 is 0 Å². The van der Waals surface area contributed by atoms with E-state index in [0.717, 1.165) is 28.3 Å². The molecule has 0 aliphatic carbocycles. The van der Waals surface area contributed by atoms with Crippen molar-refractivity contribution in [2.24, 2.45) is 5.10 Å². The van der Waals surface area contributed by atoms with Gasteiger partial charge in [0.2, 0.25) is 0 Å². The van der Waals surface area contributed by atoms with E-state index in [1.54, 1.807) is 0 Å². The fraction of sp³-hybridized carbons (Fsp3) is 0.0435. The van der Waals surface area contributed by atoms with Crippen LogP contribution in [0.5, 0.6) is 0 Å². The molecule has 0 saturated carbocycles. The molecule has 4 nitrogen and oxygen atoms in total. The Balaban J connectivity index is 1.66. The first-order chi connectivity index (χ1) is 13.4. The van der Waals surface area contributed by atoms with Crippen LogP contribution in [0.15, 0.2) is 108 Å². The lowest BCUT2D eigenvalue weighted by Crippen LogP contribution is -2.12. The molecular formula is C23H20N4. The van der Waals surface area contributed by atoms with Crippen molar-refractivity contribution in [1.29, 1.82) is 0 Å². The zero-order chi connectivity index (χ0) is 18.3. The minimum atomic E-state index is 0.665. The first-order valence-electron chi connectivity index (χ1n) is 8.91. The zero-order valence-corrected chi connectivity index (χ0v) is 14.9. The zero-order valence-electron chi connectivity index (χ0n) is 14.9. The van der Waals surface area contributed by atoms with Crippen LogP contribution in [0.2, 0.25) is 0 Å². The normalized spacial score (nSPS) is 11.3. The van der Waals surface area contributed by atoms with E-state index < -0.39 is 0 Å². The highest BCUT2D eigenvalue weighted by molar-refractivity contribution is 6.02. The number of rotatable bonds is 6. The summed E-state index contributed by atoms with van der Waals surface area (Å²) in [4.78, 5) is 0. The number of nitrogens with zero attached hydrogens (tertiary/aromatic N) is 3. The van der Waals surface area contributed by atoms with Crippen molar-refractivity contribution in [3.05, 3.63) is 115 Å². The van der Waals surface area contributed by atoms with E-state index in [2.05, 4.69) is 34.8 Å². The summed E-state index contributed by atoms with van der Waals surface area (Å²) in [5, 5.41) is 9.19. The van der Waals surface area contributed by atoms with Crippen LogP contribution < -0.4 is 5.43 Å². The number of para-hydroxylation sites is 2. The Morgan fingerprint density at radius 2 is 1.41 bits per heavy atom. The molecule has 0 amide bonds. The first-order valence-corrected chi connectivity index (χ1v) is 8.91. The Morgan fingerprint density at radius 1 is 0.778 bits per heavy atom. The first kappa shape index (κ1) is 16.8. The highest BCUT2D eigenvalue weighted by Gasteiger charge is 2.11. The second-order valence-corrected chi connectivity index (χ2v) is 6.15. The van der Waals surface area contributed by atoms with Crippen molar-refractivity contribution in [3.63, 3.8) is 0 Å². The van der Waals surface area contributed by atoms with Gasteiger partial charge in [0, 0.05) is 12.6 Å². The van der Waals surface area contributed by atoms with Gasteiger partial charge in [0.25, 0.3) is 0 Å². The number of hydrogen-bond donors (Lipinski definition) is 1. The number of hydrazone groups is 1. The maximum atomic E-state index is 4.70. The number of aromatic nitrogens is 2. The van der Waals surface area contributed by atoms with Crippen LogP contribution in [0.4, 0.5) is 5.69 Å². The van der Waals surface area contributed by atoms with Gasteiger partial charge in [-0.1, -0.05) is 66.7 Å². The molecule has 1 heterocycles. The molecular weight excluding hydrogens is 332 g/mol. The molecule has 0 radical (unpaired) electrons. The van der Waals surface area contributed by atoms with E-state index in [4.69, 9.17) is 5.10 Å². The Morgan fingerprint density at radius 3 is 2.11 bits per heavy atom. The Labute approximate surface area is 158 Å². The summed E-state index contributed by atoms with van der Waals surface area (Å²) in [6.07, 6.45) is 2.49. The van der Waals surface area contributed by atoms with Crippen LogP contribution in [0, 0.1) is 0 Å². The van der Waals surface area contributed by atoms with Crippen molar-refractivity contribution in [2.75, 3.05) is 5.43 Å². The Hall–Kier alpha value is -3.66. The smallest absolute Gasteiger partial charge is 0.0738 e. The quantitative estimate of drug-likeness (QED) is 0.395. The van der Waals surface area contributed by atoms with Crippen molar-refractivity contribution in [1.82, 2.24) is 9.78 Å². The maximum Gasteiger partial charge on any atom is 0.0738 e. The maximum absolute atomic E-state index is 4.70. The third-order valence-corrected chi connectivity index (χ3v) is 4.27. The summed E-state index contributed by atoms with van der Waals surface area (Å²) in [5.74, 6) is 0. The average Bonchev–Trinajstić information content (AvgIpc) is 3.21. The van der Waals surface area contributed by atoms with E-state index in [9.17, 15) is 0 Å². The molecule has 0 saturated heterocycles. The monoisotopic (exact) mass is 352 g/mol. The molecule has 0 bridgehead atoms. The van der Waals surface area contributed by atoms with Gasteiger partial charge in [-0.2, -0.15) is 10.2 Å². The topological polar surface area (TPSA) is 42.2 Å². The number of anilines is 1. The summed E-state index contributed by atoms with van der Waals surface area (Å²) in [6, 6.07) is 32.4. The summed E-state index contributed by atoms with van der Waals surface area (Å²) in [7, 11) is 0. The lowest BCUT2D eigenvalue weighted by molar-refractivity contribution is 0.835. The van der Waals surface area contributed by atoms with Gasteiger partial charge < -0.3 is 0 Å². The molecule has 0 fully saturated rings. The Kier molecular flexibility index (Phi) is 5.07. The molecule has 1 aromatic heterocycles. The number of hydrogen-bond acceptors (Lipinski definition) is 3. The summed E-state index contributed by atoms with van der Waals surface area (Å²) in [6.45, 7) is 0. The molecule has 4 aromatic rings. The van der Waals surface area contributed by atoms with E-state index in [1.165, 1.54) is 0 Å². The lowest BCUT2D eigenvalue weighted by atomic mass is 10.1. The number of benzene rings is 3. The van der Waals surface area contributed by atoms with Crippen molar-refractivity contribution in [3.8, 4) is 5.69 Å². The second kappa shape index (κ2) is 8.15. The second-order valence-electron chi connectivity index (χ2n) is 6.15. The largest absolute Gasteiger partial charge is 0.278 e. The summed E-state index contributed by atoms with van der Waals surface area (Å²) >= 11 is 0. The van der Waals surface area contributed by atoms with Gasteiger partial charge in [0.05, 0.1) is 22.8 Å². The molecule has 27 heavy (non-hydrogen) atoms. The van der Waals surface area contributed by atoms with Gasteiger partial charge in [0.1, 0.15) is 0 Å². The van der Waals surface area contributed by atoms with Crippen LogP contribution in [-0.2, 0) is 6.42 Å². The van der Waals surface area contributed by atoms with Crippen LogP contribution in [-0.4, -0.2) is 15.5 Å². The molecule has 0 aliphatic heterocycles. The highest BCUT2D eigenvalue weighted by Crippen LogP contribution is 2.14. The predicted molar refractivity (Wildman–Crippen MR) is 110 cm³/mol.